The van der Waals surface area contributed by atoms with Gasteiger partial charge in [-0.2, -0.15) is 0 Å². The standard InChI is InChI=1S/C48H72O12Si/c1-9-61(10-2,11-3)60-43-39(57-38(27-41(43)53-33-50-8)26-37-30-54-47(5,6)55-31-37)24-22-34(4)23-25-40-45(49)59-42-32-52-46(51-28-35-18-14-12-15-19-35)48(7,44(42)58-40)56-29-36-20-16-13-17-21-36/h12-22,37-44,46H,9-11,23-33H2,1-8H3/b34-22+/t38-,39-,40+,41+,42-,43-,44-,46-,48-/m1/s1. The van der Waals surface area contributed by atoms with Crippen molar-refractivity contribution in [3.8, 4) is 0 Å². The number of hydrogen-bond donors (Lipinski definition) is 0. The van der Waals surface area contributed by atoms with Crippen molar-refractivity contribution in [3.63, 3.8) is 0 Å². The fraction of sp³-hybridized carbons (Fsp3) is 0.688. The molecule has 0 unspecified atom stereocenters. The van der Waals surface area contributed by atoms with Gasteiger partial charge in [-0.25, -0.2) is 4.79 Å². The fourth-order valence-electron chi connectivity index (χ4n) is 8.95. The molecule has 61 heavy (non-hydrogen) atoms. The molecule has 0 spiro atoms. The third-order valence-corrected chi connectivity index (χ3v) is 17.6. The van der Waals surface area contributed by atoms with E-state index in [1.807, 2.05) is 81.4 Å². The molecular weight excluding hydrogens is 797 g/mol. The van der Waals surface area contributed by atoms with Gasteiger partial charge in [-0.15, -0.1) is 0 Å². The second-order valence-corrected chi connectivity index (χ2v) is 22.6. The van der Waals surface area contributed by atoms with Gasteiger partial charge in [-0.1, -0.05) is 93.1 Å². The van der Waals surface area contributed by atoms with Crippen LogP contribution in [0.3, 0.4) is 0 Å². The van der Waals surface area contributed by atoms with Gasteiger partial charge in [0.25, 0.3) is 0 Å². The summed E-state index contributed by atoms with van der Waals surface area (Å²) in [6, 6.07) is 23.0. The molecule has 0 amide bonds. The lowest BCUT2D eigenvalue weighted by Gasteiger charge is -2.51. The maximum atomic E-state index is 13.5. The van der Waals surface area contributed by atoms with Crippen molar-refractivity contribution < 1.29 is 56.6 Å². The van der Waals surface area contributed by atoms with E-state index in [2.05, 4.69) is 33.8 Å². The molecule has 0 bridgehead atoms. The number of allylic oxidation sites excluding steroid dienone is 1. The number of carbonyl (C=O) groups is 1. The molecule has 0 saturated carbocycles. The van der Waals surface area contributed by atoms with Crippen molar-refractivity contribution in [2.24, 2.45) is 5.92 Å². The third kappa shape index (κ3) is 12.8. The maximum absolute atomic E-state index is 13.5. The van der Waals surface area contributed by atoms with Crippen LogP contribution in [0.25, 0.3) is 0 Å². The lowest BCUT2D eigenvalue weighted by atomic mass is 9.89. The van der Waals surface area contributed by atoms with E-state index >= 15 is 0 Å². The van der Waals surface area contributed by atoms with Crippen molar-refractivity contribution in [1.29, 1.82) is 0 Å². The van der Waals surface area contributed by atoms with Crippen LogP contribution in [-0.2, 0) is 69.8 Å². The molecule has 4 saturated heterocycles. The first kappa shape index (κ1) is 47.9. The van der Waals surface area contributed by atoms with Gasteiger partial charge in [0.2, 0.25) is 0 Å². The molecule has 340 valence electrons. The summed E-state index contributed by atoms with van der Waals surface area (Å²) in [6.45, 7) is 16.9. The molecule has 2 aromatic carbocycles. The number of ether oxygens (including phenoxy) is 10. The quantitative estimate of drug-likeness (QED) is 0.0517. The molecule has 4 aliphatic rings. The summed E-state index contributed by atoms with van der Waals surface area (Å²) in [5.74, 6) is -0.752. The Morgan fingerprint density at radius 3 is 2.16 bits per heavy atom. The van der Waals surface area contributed by atoms with Gasteiger partial charge in [0.15, 0.2) is 32.6 Å². The molecule has 2 aromatic rings. The lowest BCUT2D eigenvalue weighted by Crippen LogP contribution is -2.68. The van der Waals surface area contributed by atoms with Crippen LogP contribution in [0.2, 0.25) is 18.1 Å². The van der Waals surface area contributed by atoms with Crippen molar-refractivity contribution in [2.45, 2.75) is 172 Å². The first-order chi connectivity index (χ1) is 29.4. The van der Waals surface area contributed by atoms with Crippen LogP contribution in [0, 0.1) is 5.92 Å². The Balaban J connectivity index is 1.15. The van der Waals surface area contributed by atoms with Crippen LogP contribution >= 0.6 is 0 Å². The highest BCUT2D eigenvalue weighted by Crippen LogP contribution is 2.40. The van der Waals surface area contributed by atoms with Crippen molar-refractivity contribution >= 4 is 14.3 Å². The molecule has 0 N–H and O–H groups in total. The Morgan fingerprint density at radius 2 is 1.52 bits per heavy atom. The van der Waals surface area contributed by atoms with Crippen LogP contribution in [0.5, 0.6) is 0 Å². The Morgan fingerprint density at radius 1 is 0.869 bits per heavy atom. The van der Waals surface area contributed by atoms with E-state index in [0.29, 0.717) is 52.1 Å². The minimum atomic E-state index is -2.05. The zero-order chi connectivity index (χ0) is 43.5. The topological polar surface area (TPSA) is 119 Å². The van der Waals surface area contributed by atoms with E-state index in [9.17, 15) is 4.79 Å². The van der Waals surface area contributed by atoms with Crippen molar-refractivity contribution in [1.82, 2.24) is 0 Å². The maximum Gasteiger partial charge on any atom is 0.335 e. The van der Waals surface area contributed by atoms with E-state index in [4.69, 9.17) is 51.8 Å². The molecule has 6 rings (SSSR count). The number of hydrogen-bond acceptors (Lipinski definition) is 12. The van der Waals surface area contributed by atoms with E-state index in [1.54, 1.807) is 7.11 Å². The number of benzene rings is 2. The number of rotatable bonds is 21. The van der Waals surface area contributed by atoms with Gasteiger partial charge in [0, 0.05) is 19.4 Å². The third-order valence-electron chi connectivity index (χ3n) is 13.0. The fourth-order valence-corrected chi connectivity index (χ4v) is 11.8. The molecule has 4 fully saturated rings. The summed E-state index contributed by atoms with van der Waals surface area (Å²) >= 11 is 0. The molecule has 4 heterocycles. The Bertz CT molecular complexity index is 1640. The molecule has 13 heteroatoms. The van der Waals surface area contributed by atoms with Gasteiger partial charge in [-0.05, 0) is 82.6 Å². The Kier molecular flexibility index (Phi) is 17.6. The van der Waals surface area contributed by atoms with Gasteiger partial charge < -0.3 is 51.8 Å². The summed E-state index contributed by atoms with van der Waals surface area (Å²) in [6.07, 6.45) is 1.91. The lowest BCUT2D eigenvalue weighted by molar-refractivity contribution is -0.351. The first-order valence-electron chi connectivity index (χ1n) is 22.6. The van der Waals surface area contributed by atoms with Crippen LogP contribution in [0.4, 0.5) is 0 Å². The van der Waals surface area contributed by atoms with Crippen molar-refractivity contribution in [3.05, 3.63) is 83.4 Å². The second-order valence-electron chi connectivity index (χ2n) is 17.9. The minimum Gasteiger partial charge on any atom is -0.455 e. The number of carbonyl (C=O) groups excluding carboxylic acids is 1. The number of fused-ring (bicyclic) bond motifs is 1. The predicted octanol–water partition coefficient (Wildman–Crippen LogP) is 8.66. The van der Waals surface area contributed by atoms with E-state index in [-0.39, 0.29) is 43.7 Å². The molecule has 0 radical (unpaired) electrons. The summed E-state index contributed by atoms with van der Waals surface area (Å²) < 4.78 is 70.2. The van der Waals surface area contributed by atoms with E-state index < -0.39 is 50.3 Å². The van der Waals surface area contributed by atoms with Crippen LogP contribution < -0.4 is 0 Å². The monoisotopic (exact) mass is 868 g/mol. The average Bonchev–Trinajstić information content (AvgIpc) is 3.27. The molecular formula is C48H72O12Si. The highest BCUT2D eigenvalue weighted by atomic mass is 28.4. The Hall–Kier alpha value is -2.53. The summed E-state index contributed by atoms with van der Waals surface area (Å²) in [5.41, 5.74) is 2.06. The van der Waals surface area contributed by atoms with E-state index in [1.165, 1.54) is 0 Å². The zero-order valence-corrected chi connectivity index (χ0v) is 38.8. The van der Waals surface area contributed by atoms with Crippen LogP contribution in [-0.4, -0.2) is 108 Å². The SMILES string of the molecule is CC[Si](CC)(CC)O[C@H]1[C@@H](OCOC)C[C@@H](CC2COC(C)(C)OC2)O[C@@H]1C/C=C(\C)CC[C@@H]1O[C@@H]2[C@@H](CO[C@@H](OCc3ccccc3)[C@]2(C)OCc2ccccc2)OC1=O. The number of esters is 1. The average molecular weight is 869 g/mol. The van der Waals surface area contributed by atoms with Crippen LogP contribution in [0.1, 0.15) is 91.7 Å². The van der Waals surface area contributed by atoms with Gasteiger partial charge >= 0.3 is 5.97 Å². The highest BCUT2D eigenvalue weighted by Gasteiger charge is 2.57. The normalized spacial score (nSPS) is 31.1. The largest absolute Gasteiger partial charge is 0.455 e. The molecule has 0 aliphatic carbocycles. The minimum absolute atomic E-state index is 0.0588. The molecule has 0 aromatic heterocycles. The first-order valence-corrected chi connectivity index (χ1v) is 25.1. The van der Waals surface area contributed by atoms with Gasteiger partial charge in [-0.3, -0.25) is 0 Å². The smallest absolute Gasteiger partial charge is 0.335 e. The summed E-state index contributed by atoms with van der Waals surface area (Å²) in [7, 11) is -0.392. The highest BCUT2D eigenvalue weighted by molar-refractivity contribution is 6.73. The summed E-state index contributed by atoms with van der Waals surface area (Å²) in [4.78, 5) is 13.5. The van der Waals surface area contributed by atoms with E-state index in [0.717, 1.165) is 41.3 Å². The zero-order valence-electron chi connectivity index (χ0n) is 37.8. The predicted molar refractivity (Wildman–Crippen MR) is 233 cm³/mol. The number of methoxy groups -OCH3 is 1. The molecule has 12 nitrogen and oxygen atoms in total. The van der Waals surface area contributed by atoms with Gasteiger partial charge in [0.05, 0.1) is 57.5 Å². The Labute approximate surface area is 365 Å². The molecule has 9 atom stereocenters. The van der Waals surface area contributed by atoms with Crippen molar-refractivity contribution in [2.75, 3.05) is 33.7 Å². The van der Waals surface area contributed by atoms with Crippen LogP contribution in [0.15, 0.2) is 72.3 Å². The summed E-state index contributed by atoms with van der Waals surface area (Å²) in [5, 5.41) is 0. The molecule has 4 aliphatic heterocycles. The second kappa shape index (κ2) is 22.4. The van der Waals surface area contributed by atoms with Gasteiger partial charge in [0.1, 0.15) is 18.5 Å².